The molecule has 8 nitrogen and oxygen atoms in total. The van der Waals surface area contributed by atoms with Crippen molar-refractivity contribution in [2.24, 2.45) is 0 Å². The average Bonchev–Trinajstić information content (AvgIpc) is 2.89. The number of nitrogens with one attached hydrogen (secondary N) is 1. The van der Waals surface area contributed by atoms with Crippen LogP contribution >= 0.6 is 15.9 Å². The van der Waals surface area contributed by atoms with Crippen LogP contribution in [0.15, 0.2) is 21.8 Å². The summed E-state index contributed by atoms with van der Waals surface area (Å²) >= 11 is 3.26. The lowest BCUT2D eigenvalue weighted by Crippen LogP contribution is -2.44. The Morgan fingerprint density at radius 3 is 2.67 bits per heavy atom. The third-order valence-corrected chi connectivity index (χ3v) is 6.41. The molecule has 0 spiro atoms. The largest absolute Gasteiger partial charge is 0.459 e. The van der Waals surface area contributed by atoms with E-state index < -0.39 is 10.0 Å². The molecule has 1 aliphatic heterocycles. The smallest absolute Gasteiger partial charge is 0.316 e. The standard InChI is InChI=1S/C14H18BrN5O3S/c1-9-13(10(2)19-18-9)24(21,22)20-5-3-4-12(8-20)23-14-16-6-11(15)7-17-14/h6-7,12H,3-5,8H2,1-2H3,(H,18,19). The van der Waals surface area contributed by atoms with E-state index in [-0.39, 0.29) is 23.6 Å². The van der Waals surface area contributed by atoms with E-state index in [0.717, 1.165) is 17.3 Å². The van der Waals surface area contributed by atoms with Crippen LogP contribution in [0, 0.1) is 13.8 Å². The molecule has 10 heteroatoms. The molecule has 1 atom stereocenters. The summed E-state index contributed by atoms with van der Waals surface area (Å²) in [5.74, 6) is 0. The van der Waals surface area contributed by atoms with Crippen LogP contribution < -0.4 is 4.74 Å². The van der Waals surface area contributed by atoms with Crippen LogP contribution in [0.25, 0.3) is 0 Å². The summed E-state index contributed by atoms with van der Waals surface area (Å²) in [7, 11) is -3.60. The van der Waals surface area contributed by atoms with E-state index in [1.54, 1.807) is 26.2 Å². The van der Waals surface area contributed by atoms with Crippen molar-refractivity contribution in [1.82, 2.24) is 24.5 Å². The van der Waals surface area contributed by atoms with Gasteiger partial charge in [-0.2, -0.15) is 9.40 Å². The summed E-state index contributed by atoms with van der Waals surface area (Å²) in [5.41, 5.74) is 1.03. The van der Waals surface area contributed by atoms with Gasteiger partial charge in [0.1, 0.15) is 11.0 Å². The second kappa shape index (κ2) is 6.77. The minimum absolute atomic E-state index is 0.248. The maximum atomic E-state index is 12.9. The van der Waals surface area contributed by atoms with E-state index in [9.17, 15) is 8.42 Å². The highest BCUT2D eigenvalue weighted by Gasteiger charge is 2.34. The number of aromatic amines is 1. The van der Waals surface area contributed by atoms with Crippen LogP contribution in [-0.4, -0.2) is 52.1 Å². The van der Waals surface area contributed by atoms with Crippen LogP contribution in [0.1, 0.15) is 24.2 Å². The van der Waals surface area contributed by atoms with Crippen LogP contribution in [0.4, 0.5) is 0 Å². The van der Waals surface area contributed by atoms with E-state index in [1.807, 2.05) is 0 Å². The van der Waals surface area contributed by atoms with Crippen molar-refractivity contribution in [3.63, 3.8) is 0 Å². The van der Waals surface area contributed by atoms with Crippen molar-refractivity contribution in [1.29, 1.82) is 0 Å². The molecule has 0 bridgehead atoms. The fourth-order valence-corrected chi connectivity index (χ4v) is 4.83. The van der Waals surface area contributed by atoms with Crippen molar-refractivity contribution in [2.45, 2.75) is 37.7 Å². The molecule has 3 heterocycles. The molecule has 1 fully saturated rings. The van der Waals surface area contributed by atoms with Crippen molar-refractivity contribution < 1.29 is 13.2 Å². The summed E-state index contributed by atoms with van der Waals surface area (Å²) in [5, 5.41) is 6.71. The maximum absolute atomic E-state index is 12.9. The lowest BCUT2D eigenvalue weighted by atomic mass is 10.1. The van der Waals surface area contributed by atoms with E-state index in [1.165, 1.54) is 4.31 Å². The Labute approximate surface area is 148 Å². The first-order valence-corrected chi connectivity index (χ1v) is 9.77. The van der Waals surface area contributed by atoms with Gasteiger partial charge in [-0.3, -0.25) is 5.10 Å². The lowest BCUT2D eigenvalue weighted by molar-refractivity contribution is 0.119. The number of ether oxygens (including phenoxy) is 1. The molecule has 0 aromatic carbocycles. The monoisotopic (exact) mass is 415 g/mol. The van der Waals surface area contributed by atoms with Gasteiger partial charge in [0.2, 0.25) is 10.0 Å². The SMILES string of the molecule is Cc1n[nH]c(C)c1S(=O)(=O)N1CCCC(Oc2ncc(Br)cn2)C1. The van der Waals surface area contributed by atoms with Gasteiger partial charge in [0.25, 0.3) is 0 Å². The first-order valence-electron chi connectivity index (χ1n) is 7.54. The molecule has 2 aromatic heterocycles. The van der Waals surface area contributed by atoms with Crippen LogP contribution in [-0.2, 0) is 10.0 Å². The number of halogens is 1. The first-order chi connectivity index (χ1) is 11.4. The van der Waals surface area contributed by atoms with Crippen LogP contribution in [0.2, 0.25) is 0 Å². The van der Waals surface area contributed by atoms with Crippen molar-refractivity contribution >= 4 is 26.0 Å². The molecular weight excluding hydrogens is 398 g/mol. The lowest BCUT2D eigenvalue weighted by Gasteiger charge is -2.31. The summed E-state index contributed by atoms with van der Waals surface area (Å²) in [6.45, 7) is 4.13. The topological polar surface area (TPSA) is 101 Å². The molecule has 1 aliphatic rings. The molecule has 130 valence electrons. The molecule has 0 radical (unpaired) electrons. The van der Waals surface area contributed by atoms with Crippen LogP contribution in [0.5, 0.6) is 6.01 Å². The zero-order valence-corrected chi connectivity index (χ0v) is 15.8. The molecular formula is C14H18BrN5O3S. The third-order valence-electron chi connectivity index (χ3n) is 3.87. The highest BCUT2D eigenvalue weighted by atomic mass is 79.9. The number of nitrogens with zero attached hydrogens (tertiary/aromatic N) is 4. The van der Waals surface area contributed by atoms with E-state index in [0.29, 0.717) is 17.9 Å². The van der Waals surface area contributed by atoms with Crippen LogP contribution in [0.3, 0.4) is 0 Å². The van der Waals surface area contributed by atoms with Gasteiger partial charge in [0.15, 0.2) is 0 Å². The Bertz CT molecular complexity index is 802. The number of aryl methyl sites for hydroxylation is 2. The number of sulfonamides is 1. The second-order valence-electron chi connectivity index (χ2n) is 5.69. The Morgan fingerprint density at radius 2 is 2.04 bits per heavy atom. The Kier molecular flexibility index (Phi) is 4.88. The quantitative estimate of drug-likeness (QED) is 0.816. The van der Waals surface area contributed by atoms with E-state index >= 15 is 0 Å². The molecule has 0 amide bonds. The Morgan fingerprint density at radius 1 is 1.33 bits per heavy atom. The van der Waals surface area contributed by atoms with E-state index in [2.05, 4.69) is 36.1 Å². The van der Waals surface area contributed by atoms with Crippen molar-refractivity contribution in [3.05, 3.63) is 28.3 Å². The molecule has 1 N–H and O–H groups in total. The van der Waals surface area contributed by atoms with Gasteiger partial charge in [-0.1, -0.05) is 0 Å². The highest BCUT2D eigenvalue weighted by Crippen LogP contribution is 2.25. The predicted molar refractivity (Wildman–Crippen MR) is 90.2 cm³/mol. The fraction of sp³-hybridized carbons (Fsp3) is 0.500. The number of piperidine rings is 1. The molecule has 1 unspecified atom stereocenters. The zero-order chi connectivity index (χ0) is 17.3. The first kappa shape index (κ1) is 17.3. The van der Waals surface area contributed by atoms with Gasteiger partial charge in [-0.25, -0.2) is 18.4 Å². The van der Waals surface area contributed by atoms with Gasteiger partial charge in [0, 0.05) is 18.9 Å². The fourth-order valence-electron chi connectivity index (χ4n) is 2.78. The number of rotatable bonds is 4. The van der Waals surface area contributed by atoms with Gasteiger partial charge in [-0.15, -0.1) is 0 Å². The molecule has 2 aromatic rings. The highest BCUT2D eigenvalue weighted by molar-refractivity contribution is 9.10. The predicted octanol–water partition coefficient (Wildman–Crippen LogP) is 1.81. The molecule has 3 rings (SSSR count). The zero-order valence-electron chi connectivity index (χ0n) is 13.4. The summed E-state index contributed by atoms with van der Waals surface area (Å²) in [4.78, 5) is 8.40. The van der Waals surface area contributed by atoms with Gasteiger partial charge >= 0.3 is 6.01 Å². The van der Waals surface area contributed by atoms with Gasteiger partial charge in [-0.05, 0) is 42.6 Å². The van der Waals surface area contributed by atoms with E-state index in [4.69, 9.17) is 4.74 Å². The normalized spacial score (nSPS) is 19.4. The second-order valence-corrected chi connectivity index (χ2v) is 8.48. The Hall–Kier alpha value is -1.52. The number of hydrogen-bond donors (Lipinski definition) is 1. The molecule has 0 aliphatic carbocycles. The number of aromatic nitrogens is 4. The maximum Gasteiger partial charge on any atom is 0.316 e. The summed E-state index contributed by atoms with van der Waals surface area (Å²) < 4.78 is 33.8. The van der Waals surface area contributed by atoms with Crippen molar-refractivity contribution in [2.75, 3.05) is 13.1 Å². The molecule has 24 heavy (non-hydrogen) atoms. The average molecular weight is 416 g/mol. The number of H-pyrrole nitrogens is 1. The van der Waals surface area contributed by atoms with Crippen molar-refractivity contribution in [3.8, 4) is 6.01 Å². The minimum atomic E-state index is -3.60. The number of hydrogen-bond acceptors (Lipinski definition) is 6. The molecule has 1 saturated heterocycles. The Balaban J connectivity index is 1.77. The minimum Gasteiger partial charge on any atom is -0.459 e. The summed E-state index contributed by atoms with van der Waals surface area (Å²) in [6, 6.07) is 0.248. The third kappa shape index (κ3) is 3.45. The molecule has 0 saturated carbocycles. The van der Waals surface area contributed by atoms with Gasteiger partial charge < -0.3 is 4.74 Å². The van der Waals surface area contributed by atoms with Gasteiger partial charge in [0.05, 0.1) is 22.4 Å². The summed E-state index contributed by atoms with van der Waals surface area (Å²) in [6.07, 6.45) is 4.39.